The van der Waals surface area contributed by atoms with Gasteiger partial charge >= 0.3 is 0 Å². The fraction of sp³-hybridized carbons (Fsp3) is 0.474. The highest BCUT2D eigenvalue weighted by molar-refractivity contribution is 7.13. The molecule has 1 fully saturated rings. The lowest BCUT2D eigenvalue weighted by molar-refractivity contribution is -0.135. The zero-order valence-corrected chi connectivity index (χ0v) is 16.2. The number of hydrogen-bond acceptors (Lipinski definition) is 5. The molecule has 6 nitrogen and oxygen atoms in total. The Hall–Kier alpha value is -2.28. The Bertz CT molecular complexity index is 802. The first-order valence-corrected chi connectivity index (χ1v) is 9.76. The number of hydrogen-bond donors (Lipinski definition) is 1. The number of nitrogens with one attached hydrogen (secondary N) is 1. The molecule has 0 spiro atoms. The number of rotatable bonds is 4. The molecule has 7 heteroatoms. The molecule has 1 saturated heterocycles. The van der Waals surface area contributed by atoms with Crippen LogP contribution < -0.4 is 5.32 Å². The lowest BCUT2D eigenvalue weighted by Crippen LogP contribution is -2.41. The van der Waals surface area contributed by atoms with Crippen LogP contribution in [0, 0.1) is 12.8 Å². The molecule has 1 atom stereocenters. The molecule has 1 aromatic heterocycles. The van der Waals surface area contributed by atoms with Gasteiger partial charge in [-0.25, -0.2) is 0 Å². The van der Waals surface area contributed by atoms with E-state index in [4.69, 9.17) is 0 Å². The van der Waals surface area contributed by atoms with Gasteiger partial charge in [0.05, 0.1) is 0 Å². The third kappa shape index (κ3) is 4.09. The number of benzene rings is 1. The number of para-hydroxylation sites is 1. The van der Waals surface area contributed by atoms with Crippen LogP contribution in [0.3, 0.4) is 0 Å². The van der Waals surface area contributed by atoms with Gasteiger partial charge in [-0.3, -0.25) is 9.59 Å². The third-order valence-corrected chi connectivity index (χ3v) is 5.69. The van der Waals surface area contributed by atoms with Crippen molar-refractivity contribution < 1.29 is 9.59 Å². The molecule has 2 heterocycles. The van der Waals surface area contributed by atoms with Crippen molar-refractivity contribution >= 4 is 28.8 Å². The van der Waals surface area contributed by atoms with Crippen LogP contribution in [-0.2, 0) is 4.79 Å². The zero-order valence-electron chi connectivity index (χ0n) is 15.4. The SMILES string of the molecule is Cc1ccccc1NC(=O)c1nnc(C2CCCN(C(=O)C(C)C)C2)s1. The summed E-state index contributed by atoms with van der Waals surface area (Å²) in [5.74, 6) is 0.0910. The van der Waals surface area contributed by atoms with E-state index in [0.29, 0.717) is 11.6 Å². The topological polar surface area (TPSA) is 75.2 Å². The minimum Gasteiger partial charge on any atom is -0.342 e. The van der Waals surface area contributed by atoms with E-state index < -0.39 is 0 Å². The van der Waals surface area contributed by atoms with Gasteiger partial charge < -0.3 is 10.2 Å². The second-order valence-corrected chi connectivity index (χ2v) is 8.00. The molecule has 1 N–H and O–H groups in total. The van der Waals surface area contributed by atoms with Crippen molar-refractivity contribution in [1.29, 1.82) is 0 Å². The standard InChI is InChI=1S/C19H24N4O2S/c1-12(2)19(25)23-10-6-8-14(11-23)17-21-22-18(26-17)16(24)20-15-9-5-4-7-13(15)3/h4-5,7,9,12,14H,6,8,10-11H2,1-3H3,(H,20,24). The maximum atomic E-state index is 12.5. The quantitative estimate of drug-likeness (QED) is 0.892. The van der Waals surface area contributed by atoms with Gasteiger partial charge in [-0.2, -0.15) is 0 Å². The fourth-order valence-electron chi connectivity index (χ4n) is 3.12. The Balaban J connectivity index is 1.68. The van der Waals surface area contributed by atoms with E-state index in [-0.39, 0.29) is 23.7 Å². The summed E-state index contributed by atoms with van der Waals surface area (Å²) in [6.45, 7) is 7.25. The maximum Gasteiger partial charge on any atom is 0.286 e. The number of likely N-dealkylation sites (tertiary alicyclic amines) is 1. The molecule has 0 saturated carbocycles. The molecule has 26 heavy (non-hydrogen) atoms. The number of carbonyl (C=O) groups is 2. The average Bonchev–Trinajstić information content (AvgIpc) is 3.13. The first-order chi connectivity index (χ1) is 12.5. The normalized spacial score (nSPS) is 17.4. The number of piperidine rings is 1. The van der Waals surface area contributed by atoms with Gasteiger partial charge in [0.2, 0.25) is 10.9 Å². The Morgan fingerprint density at radius 1 is 1.27 bits per heavy atom. The summed E-state index contributed by atoms with van der Waals surface area (Å²) >= 11 is 1.32. The van der Waals surface area contributed by atoms with Crippen molar-refractivity contribution in [3.05, 3.63) is 39.8 Å². The van der Waals surface area contributed by atoms with E-state index in [1.165, 1.54) is 11.3 Å². The van der Waals surface area contributed by atoms with Gasteiger partial charge in [0.15, 0.2) is 0 Å². The predicted octanol–water partition coefficient (Wildman–Crippen LogP) is 3.46. The molecule has 1 aliphatic rings. The second-order valence-electron chi connectivity index (χ2n) is 6.99. The molecule has 0 aliphatic carbocycles. The summed E-state index contributed by atoms with van der Waals surface area (Å²) in [6, 6.07) is 7.63. The first-order valence-electron chi connectivity index (χ1n) is 8.95. The molecule has 1 aliphatic heterocycles. The number of carbonyl (C=O) groups excluding carboxylic acids is 2. The van der Waals surface area contributed by atoms with Crippen LogP contribution in [0.5, 0.6) is 0 Å². The number of aromatic nitrogens is 2. The van der Waals surface area contributed by atoms with Crippen LogP contribution in [0.2, 0.25) is 0 Å². The Morgan fingerprint density at radius 2 is 2.04 bits per heavy atom. The monoisotopic (exact) mass is 372 g/mol. The predicted molar refractivity (Wildman–Crippen MR) is 102 cm³/mol. The maximum absolute atomic E-state index is 12.5. The highest BCUT2D eigenvalue weighted by Crippen LogP contribution is 2.30. The smallest absolute Gasteiger partial charge is 0.286 e. The van der Waals surface area contributed by atoms with Crippen LogP contribution in [0.25, 0.3) is 0 Å². The van der Waals surface area contributed by atoms with E-state index in [1.54, 1.807) is 0 Å². The zero-order chi connectivity index (χ0) is 18.7. The lowest BCUT2D eigenvalue weighted by Gasteiger charge is -2.32. The number of amides is 2. The highest BCUT2D eigenvalue weighted by Gasteiger charge is 2.29. The number of nitrogens with zero attached hydrogens (tertiary/aromatic N) is 3. The summed E-state index contributed by atoms with van der Waals surface area (Å²) in [6.07, 6.45) is 1.92. The van der Waals surface area contributed by atoms with Gasteiger partial charge in [0.1, 0.15) is 5.01 Å². The van der Waals surface area contributed by atoms with Crippen molar-refractivity contribution in [2.24, 2.45) is 5.92 Å². The minimum absolute atomic E-state index is 0.00128. The van der Waals surface area contributed by atoms with E-state index in [9.17, 15) is 9.59 Å². The van der Waals surface area contributed by atoms with Gasteiger partial charge in [-0.15, -0.1) is 10.2 Å². The molecular weight excluding hydrogens is 348 g/mol. The molecule has 2 amide bonds. The summed E-state index contributed by atoms with van der Waals surface area (Å²) in [5, 5.41) is 12.4. The van der Waals surface area contributed by atoms with Crippen molar-refractivity contribution in [3.63, 3.8) is 0 Å². The molecule has 0 radical (unpaired) electrons. The van der Waals surface area contributed by atoms with Crippen molar-refractivity contribution in [3.8, 4) is 0 Å². The highest BCUT2D eigenvalue weighted by atomic mass is 32.1. The van der Waals surface area contributed by atoms with Crippen LogP contribution in [-0.4, -0.2) is 40.0 Å². The van der Waals surface area contributed by atoms with Gasteiger partial charge in [-0.1, -0.05) is 43.4 Å². The first kappa shape index (κ1) is 18.5. The van der Waals surface area contributed by atoms with E-state index in [1.807, 2.05) is 49.9 Å². The molecule has 0 bridgehead atoms. The van der Waals surface area contributed by atoms with E-state index in [0.717, 1.165) is 35.6 Å². The second kappa shape index (κ2) is 7.95. The van der Waals surface area contributed by atoms with Crippen molar-refractivity contribution in [1.82, 2.24) is 15.1 Å². The van der Waals surface area contributed by atoms with Crippen LogP contribution in [0.4, 0.5) is 5.69 Å². The fourth-order valence-corrected chi connectivity index (χ4v) is 3.99. The Labute approximate surface area is 157 Å². The molecule has 1 aromatic carbocycles. The molecule has 1 unspecified atom stereocenters. The molecule has 138 valence electrons. The number of aryl methyl sites for hydroxylation is 1. The summed E-state index contributed by atoms with van der Waals surface area (Å²) in [5.41, 5.74) is 1.78. The van der Waals surface area contributed by atoms with Gasteiger partial charge in [0.25, 0.3) is 5.91 Å². The lowest BCUT2D eigenvalue weighted by atomic mass is 9.97. The number of anilines is 1. The Morgan fingerprint density at radius 3 is 2.77 bits per heavy atom. The van der Waals surface area contributed by atoms with Crippen LogP contribution in [0.15, 0.2) is 24.3 Å². The molecule has 2 aromatic rings. The summed E-state index contributed by atoms with van der Waals surface area (Å²) in [4.78, 5) is 26.6. The van der Waals surface area contributed by atoms with Crippen molar-refractivity contribution in [2.75, 3.05) is 18.4 Å². The van der Waals surface area contributed by atoms with Gasteiger partial charge in [0, 0.05) is 30.6 Å². The molecular formula is C19H24N4O2S. The van der Waals surface area contributed by atoms with Crippen LogP contribution in [0.1, 0.15) is 53.0 Å². The van der Waals surface area contributed by atoms with Gasteiger partial charge in [-0.05, 0) is 31.4 Å². The Kier molecular flexibility index (Phi) is 5.66. The summed E-state index contributed by atoms with van der Waals surface area (Å²) < 4.78 is 0. The van der Waals surface area contributed by atoms with Crippen molar-refractivity contribution in [2.45, 2.75) is 39.5 Å². The average molecular weight is 372 g/mol. The van der Waals surface area contributed by atoms with Crippen LogP contribution >= 0.6 is 11.3 Å². The minimum atomic E-state index is -0.242. The largest absolute Gasteiger partial charge is 0.342 e. The third-order valence-electron chi connectivity index (χ3n) is 4.60. The van der Waals surface area contributed by atoms with E-state index in [2.05, 4.69) is 15.5 Å². The van der Waals surface area contributed by atoms with E-state index >= 15 is 0 Å². The molecule has 3 rings (SSSR count). The summed E-state index contributed by atoms with van der Waals surface area (Å²) in [7, 11) is 0.